The van der Waals surface area contributed by atoms with Gasteiger partial charge in [0, 0.05) is 12.8 Å². The molecule has 0 aliphatic carbocycles. The third kappa shape index (κ3) is 2.97. The van der Waals surface area contributed by atoms with Gasteiger partial charge in [-0.05, 0) is 31.5 Å². The molecule has 1 aromatic carbocycles. The minimum Gasteiger partial charge on any atom is -0.382 e. The highest BCUT2D eigenvalue weighted by molar-refractivity contribution is 5.87. The summed E-state index contributed by atoms with van der Waals surface area (Å²) >= 11 is 0. The smallest absolute Gasteiger partial charge is 0.245 e. The minimum atomic E-state index is -0.886. The summed E-state index contributed by atoms with van der Waals surface area (Å²) in [4.78, 5) is 11.4. The second-order valence-corrected chi connectivity index (χ2v) is 4.12. The fourth-order valence-electron chi connectivity index (χ4n) is 1.50. The van der Waals surface area contributed by atoms with Crippen molar-refractivity contribution in [1.29, 1.82) is 0 Å². The lowest BCUT2D eigenvalue weighted by molar-refractivity contribution is -0.123. The van der Waals surface area contributed by atoms with E-state index >= 15 is 0 Å². The summed E-state index contributed by atoms with van der Waals surface area (Å²) in [5.41, 5.74) is 6.45. The summed E-state index contributed by atoms with van der Waals surface area (Å²) in [6.07, 6.45) is 0. The van der Waals surface area contributed by atoms with Gasteiger partial charge >= 0.3 is 0 Å². The number of primary amides is 1. The second-order valence-electron chi connectivity index (χ2n) is 4.12. The average Bonchev–Trinajstić information content (AvgIpc) is 2.17. The fourth-order valence-corrected chi connectivity index (χ4v) is 1.50. The van der Waals surface area contributed by atoms with E-state index in [-0.39, 0.29) is 6.61 Å². The second kappa shape index (κ2) is 4.99. The van der Waals surface area contributed by atoms with E-state index in [9.17, 15) is 4.79 Å². The van der Waals surface area contributed by atoms with Crippen molar-refractivity contribution in [2.45, 2.75) is 19.4 Å². The Balaban J connectivity index is 2.87. The molecule has 1 rings (SSSR count). The molecule has 0 fully saturated rings. The first kappa shape index (κ1) is 12.5. The molecule has 4 nitrogen and oxygen atoms in total. The maximum Gasteiger partial charge on any atom is 0.245 e. The van der Waals surface area contributed by atoms with Crippen molar-refractivity contribution in [1.82, 2.24) is 0 Å². The molecule has 3 N–H and O–H groups in total. The number of nitrogens with one attached hydrogen (secondary N) is 1. The van der Waals surface area contributed by atoms with Crippen LogP contribution in [0.2, 0.25) is 0 Å². The number of nitrogens with two attached hydrogens (primary N) is 1. The molecule has 0 heterocycles. The lowest BCUT2D eigenvalue weighted by atomic mass is 10.0. The van der Waals surface area contributed by atoms with Crippen LogP contribution in [0.15, 0.2) is 24.3 Å². The number of amides is 1. The predicted molar refractivity (Wildman–Crippen MR) is 64.3 cm³/mol. The van der Waals surface area contributed by atoms with Gasteiger partial charge in [-0.1, -0.05) is 12.1 Å². The van der Waals surface area contributed by atoms with Gasteiger partial charge in [0.2, 0.25) is 5.91 Å². The van der Waals surface area contributed by atoms with Crippen LogP contribution in [0, 0.1) is 6.92 Å². The normalized spacial score (nSPS) is 14.2. The van der Waals surface area contributed by atoms with Crippen molar-refractivity contribution in [2.75, 3.05) is 19.0 Å². The van der Waals surface area contributed by atoms with Gasteiger partial charge in [0.15, 0.2) is 0 Å². The number of carbonyl (C=O) groups excluding carboxylic acids is 1. The molecule has 1 amide bonds. The zero-order valence-corrected chi connectivity index (χ0v) is 9.91. The maximum atomic E-state index is 11.4. The summed E-state index contributed by atoms with van der Waals surface area (Å²) in [6, 6.07) is 7.76. The molecular weight excluding hydrogens is 204 g/mol. The molecule has 1 unspecified atom stereocenters. The Kier molecular flexibility index (Phi) is 3.90. The van der Waals surface area contributed by atoms with E-state index in [4.69, 9.17) is 10.5 Å². The summed E-state index contributed by atoms with van der Waals surface area (Å²) < 4.78 is 5.01. The van der Waals surface area contributed by atoms with Crippen LogP contribution in [0.25, 0.3) is 0 Å². The molecule has 0 saturated carbocycles. The van der Waals surface area contributed by atoms with Crippen molar-refractivity contribution in [3.63, 3.8) is 0 Å². The molecule has 0 aliphatic rings. The van der Waals surface area contributed by atoms with Gasteiger partial charge in [0.25, 0.3) is 0 Å². The minimum absolute atomic E-state index is 0.232. The number of hydrogen-bond acceptors (Lipinski definition) is 3. The van der Waals surface area contributed by atoms with Crippen LogP contribution in [-0.4, -0.2) is 25.2 Å². The molecule has 0 bridgehead atoms. The lowest BCUT2D eigenvalue weighted by Gasteiger charge is -2.27. The van der Waals surface area contributed by atoms with Crippen LogP contribution < -0.4 is 11.1 Å². The molecule has 1 aromatic rings. The summed E-state index contributed by atoms with van der Waals surface area (Å²) in [6.45, 7) is 3.94. The first-order valence-corrected chi connectivity index (χ1v) is 5.11. The summed E-state index contributed by atoms with van der Waals surface area (Å²) in [5, 5.41) is 3.10. The molecule has 16 heavy (non-hydrogen) atoms. The van der Waals surface area contributed by atoms with E-state index in [2.05, 4.69) is 5.32 Å². The van der Waals surface area contributed by atoms with Crippen molar-refractivity contribution >= 4 is 11.6 Å². The first-order valence-electron chi connectivity index (χ1n) is 5.11. The molecule has 0 aromatic heterocycles. The van der Waals surface area contributed by atoms with Crippen LogP contribution in [0.3, 0.4) is 0 Å². The third-order valence-electron chi connectivity index (χ3n) is 2.42. The first-order chi connectivity index (χ1) is 7.48. The van der Waals surface area contributed by atoms with E-state index < -0.39 is 11.4 Å². The quantitative estimate of drug-likeness (QED) is 0.789. The van der Waals surface area contributed by atoms with Crippen molar-refractivity contribution in [2.24, 2.45) is 5.73 Å². The van der Waals surface area contributed by atoms with E-state index in [0.717, 1.165) is 11.3 Å². The van der Waals surface area contributed by atoms with Crippen LogP contribution in [0.5, 0.6) is 0 Å². The Morgan fingerprint density at radius 1 is 1.56 bits per heavy atom. The highest BCUT2D eigenvalue weighted by atomic mass is 16.5. The molecule has 1 atom stereocenters. The van der Waals surface area contributed by atoms with Gasteiger partial charge in [-0.3, -0.25) is 4.79 Å². The van der Waals surface area contributed by atoms with Gasteiger partial charge in [0.1, 0.15) is 5.54 Å². The number of anilines is 1. The SMILES string of the molecule is COCC(C)(Nc1cccc(C)c1)C(N)=O. The van der Waals surface area contributed by atoms with E-state index in [1.165, 1.54) is 0 Å². The Morgan fingerprint density at radius 2 is 2.25 bits per heavy atom. The standard InChI is InChI=1S/C12H18N2O2/c1-9-5-4-6-10(7-9)14-12(2,8-16-3)11(13)15/h4-7,14H,8H2,1-3H3,(H2,13,15). The highest BCUT2D eigenvalue weighted by Gasteiger charge is 2.30. The Morgan fingerprint density at radius 3 is 2.75 bits per heavy atom. The molecule has 88 valence electrons. The molecule has 0 aliphatic heterocycles. The summed E-state index contributed by atoms with van der Waals surface area (Å²) in [7, 11) is 1.54. The Labute approximate surface area is 95.8 Å². The number of aryl methyl sites for hydroxylation is 1. The van der Waals surface area contributed by atoms with Crippen LogP contribution in [0.4, 0.5) is 5.69 Å². The van der Waals surface area contributed by atoms with E-state index in [1.54, 1.807) is 14.0 Å². The number of ether oxygens (including phenoxy) is 1. The molecule has 0 radical (unpaired) electrons. The largest absolute Gasteiger partial charge is 0.382 e. The van der Waals surface area contributed by atoms with Gasteiger partial charge in [-0.25, -0.2) is 0 Å². The van der Waals surface area contributed by atoms with Crippen molar-refractivity contribution < 1.29 is 9.53 Å². The average molecular weight is 222 g/mol. The topological polar surface area (TPSA) is 64.3 Å². The Bertz CT molecular complexity index is 379. The zero-order valence-electron chi connectivity index (χ0n) is 9.91. The summed E-state index contributed by atoms with van der Waals surface area (Å²) in [5.74, 6) is -0.434. The number of benzene rings is 1. The molecular formula is C12H18N2O2. The van der Waals surface area contributed by atoms with Crippen LogP contribution in [-0.2, 0) is 9.53 Å². The molecule has 4 heteroatoms. The van der Waals surface area contributed by atoms with Gasteiger partial charge in [0.05, 0.1) is 6.61 Å². The number of methoxy groups -OCH3 is 1. The van der Waals surface area contributed by atoms with Gasteiger partial charge < -0.3 is 15.8 Å². The fraction of sp³-hybridized carbons (Fsp3) is 0.417. The lowest BCUT2D eigenvalue weighted by Crippen LogP contribution is -2.51. The number of carbonyl (C=O) groups is 1. The monoisotopic (exact) mass is 222 g/mol. The predicted octanol–water partition coefficient (Wildman–Crippen LogP) is 1.30. The maximum absolute atomic E-state index is 11.4. The van der Waals surface area contributed by atoms with Crippen LogP contribution >= 0.6 is 0 Å². The highest BCUT2D eigenvalue weighted by Crippen LogP contribution is 2.16. The molecule has 0 saturated heterocycles. The number of rotatable bonds is 5. The van der Waals surface area contributed by atoms with Crippen molar-refractivity contribution in [3.05, 3.63) is 29.8 Å². The van der Waals surface area contributed by atoms with E-state index in [1.807, 2.05) is 31.2 Å². The van der Waals surface area contributed by atoms with E-state index in [0.29, 0.717) is 0 Å². The van der Waals surface area contributed by atoms with Gasteiger partial charge in [-0.15, -0.1) is 0 Å². The zero-order chi connectivity index (χ0) is 12.2. The van der Waals surface area contributed by atoms with Gasteiger partial charge in [-0.2, -0.15) is 0 Å². The third-order valence-corrected chi connectivity index (χ3v) is 2.42. The van der Waals surface area contributed by atoms with Crippen LogP contribution in [0.1, 0.15) is 12.5 Å². The number of hydrogen-bond donors (Lipinski definition) is 2. The van der Waals surface area contributed by atoms with Crippen molar-refractivity contribution in [3.8, 4) is 0 Å². The molecule has 0 spiro atoms. The Hall–Kier alpha value is -1.55.